The first-order chi connectivity index (χ1) is 17.0. The molecule has 0 saturated heterocycles. The molecule has 1 aliphatic carbocycles. The van der Waals surface area contributed by atoms with E-state index in [0.717, 1.165) is 36.8 Å². The average Bonchev–Trinajstić information content (AvgIpc) is 2.91. The molecule has 1 fully saturated rings. The summed E-state index contributed by atoms with van der Waals surface area (Å²) in [6.07, 6.45) is 6.87. The van der Waals surface area contributed by atoms with Crippen molar-refractivity contribution in [3.05, 3.63) is 101 Å². The van der Waals surface area contributed by atoms with Crippen molar-refractivity contribution < 1.29 is 14.4 Å². The van der Waals surface area contributed by atoms with Crippen molar-refractivity contribution in [2.24, 2.45) is 11.7 Å². The van der Waals surface area contributed by atoms with Crippen molar-refractivity contribution in [1.29, 1.82) is 0 Å². The third-order valence-electron chi connectivity index (χ3n) is 6.61. The Morgan fingerprint density at radius 3 is 2.29 bits per heavy atom. The fourth-order valence-electron chi connectivity index (χ4n) is 4.73. The van der Waals surface area contributed by atoms with Crippen molar-refractivity contribution >= 4 is 17.7 Å². The maximum absolute atomic E-state index is 13.3. The summed E-state index contributed by atoms with van der Waals surface area (Å²) >= 11 is 0. The monoisotopic (exact) mass is 470 g/mol. The molecule has 0 bridgehead atoms. The summed E-state index contributed by atoms with van der Waals surface area (Å²) in [6.45, 7) is 0.410. The molecule has 0 spiro atoms. The molecule has 1 aliphatic rings. The lowest BCUT2D eigenvalue weighted by atomic mass is 9.74. The molecule has 0 aliphatic heterocycles. The van der Waals surface area contributed by atoms with E-state index in [4.69, 9.17) is 5.73 Å². The summed E-state index contributed by atoms with van der Waals surface area (Å²) in [5.41, 5.74) is 8.92. The zero-order valence-corrected chi connectivity index (χ0v) is 19.5. The van der Waals surface area contributed by atoms with Crippen LogP contribution in [0.25, 0.3) is 0 Å². The van der Waals surface area contributed by atoms with E-state index in [0.29, 0.717) is 17.7 Å². The molecule has 7 nitrogen and oxygen atoms in total. The minimum atomic E-state index is -0.849. The SMILES string of the molecule is NC(=O)[C@@H](NC(=O)C1CCCCC1c1ccc(CNC(=O)c2ccncc2)cc1)c1ccccc1. The van der Waals surface area contributed by atoms with E-state index in [1.54, 1.807) is 36.7 Å². The first-order valence-electron chi connectivity index (χ1n) is 11.9. The highest BCUT2D eigenvalue weighted by Crippen LogP contribution is 2.38. The van der Waals surface area contributed by atoms with E-state index in [-0.39, 0.29) is 23.7 Å². The van der Waals surface area contributed by atoms with Gasteiger partial charge in [0.25, 0.3) is 5.91 Å². The predicted molar refractivity (Wildman–Crippen MR) is 133 cm³/mol. The second-order valence-electron chi connectivity index (χ2n) is 8.91. The minimum Gasteiger partial charge on any atom is -0.368 e. The van der Waals surface area contributed by atoms with Gasteiger partial charge in [0, 0.05) is 30.4 Å². The van der Waals surface area contributed by atoms with Gasteiger partial charge in [0.15, 0.2) is 0 Å². The molecule has 1 saturated carbocycles. The number of nitrogens with zero attached hydrogens (tertiary/aromatic N) is 1. The lowest BCUT2D eigenvalue weighted by Crippen LogP contribution is -2.42. The van der Waals surface area contributed by atoms with Crippen LogP contribution in [0.1, 0.15) is 64.7 Å². The highest BCUT2D eigenvalue weighted by molar-refractivity contribution is 5.94. The topological polar surface area (TPSA) is 114 Å². The molecule has 4 N–H and O–H groups in total. The Morgan fingerprint density at radius 1 is 0.914 bits per heavy atom. The van der Waals surface area contributed by atoms with Crippen molar-refractivity contribution in [3.63, 3.8) is 0 Å². The van der Waals surface area contributed by atoms with Crippen LogP contribution in [0, 0.1) is 5.92 Å². The number of hydrogen-bond donors (Lipinski definition) is 3. The number of primary amides is 1. The van der Waals surface area contributed by atoms with Crippen LogP contribution >= 0.6 is 0 Å². The van der Waals surface area contributed by atoms with Gasteiger partial charge in [0.05, 0.1) is 0 Å². The Hall–Kier alpha value is -4.00. The predicted octanol–water partition coefficient (Wildman–Crippen LogP) is 3.63. The molecule has 3 aromatic rings. The van der Waals surface area contributed by atoms with Gasteiger partial charge in [0.1, 0.15) is 6.04 Å². The number of carbonyl (C=O) groups is 3. The van der Waals surface area contributed by atoms with Crippen LogP contribution in [-0.4, -0.2) is 22.7 Å². The fraction of sp³-hybridized carbons (Fsp3) is 0.286. The van der Waals surface area contributed by atoms with E-state index in [2.05, 4.69) is 15.6 Å². The minimum absolute atomic E-state index is 0.0634. The van der Waals surface area contributed by atoms with E-state index >= 15 is 0 Å². The first kappa shape index (κ1) is 24.1. The van der Waals surface area contributed by atoms with Crippen LogP contribution in [0.4, 0.5) is 0 Å². The summed E-state index contributed by atoms with van der Waals surface area (Å²) in [5.74, 6) is -1.03. The fourth-order valence-corrected chi connectivity index (χ4v) is 4.73. The zero-order chi connectivity index (χ0) is 24.6. The van der Waals surface area contributed by atoms with E-state index in [9.17, 15) is 14.4 Å². The number of nitrogens with one attached hydrogen (secondary N) is 2. The van der Waals surface area contributed by atoms with Gasteiger partial charge >= 0.3 is 0 Å². The molecule has 2 aromatic carbocycles. The standard InChI is InChI=1S/C28H30N4O3/c29-26(33)25(21-6-2-1-3-7-21)32-28(35)24-9-5-4-8-23(24)20-12-10-19(11-13-20)18-31-27(34)22-14-16-30-17-15-22/h1-3,6-7,10-17,23-25H,4-5,8-9,18H2,(H2,29,33)(H,31,34)(H,32,35)/t23?,24?,25-/m0/s1. The molecule has 3 atom stereocenters. The van der Waals surface area contributed by atoms with Gasteiger partial charge in [-0.3, -0.25) is 19.4 Å². The summed E-state index contributed by atoms with van der Waals surface area (Å²) in [4.78, 5) is 41.6. The van der Waals surface area contributed by atoms with Crippen molar-refractivity contribution in [2.75, 3.05) is 0 Å². The molecule has 4 rings (SSSR count). The smallest absolute Gasteiger partial charge is 0.251 e. The zero-order valence-electron chi connectivity index (χ0n) is 19.5. The summed E-state index contributed by atoms with van der Waals surface area (Å²) < 4.78 is 0. The molecule has 180 valence electrons. The van der Waals surface area contributed by atoms with Gasteiger partial charge in [-0.25, -0.2) is 0 Å². The van der Waals surface area contributed by atoms with Gasteiger partial charge < -0.3 is 16.4 Å². The number of nitrogens with two attached hydrogens (primary N) is 1. The van der Waals surface area contributed by atoms with Crippen molar-refractivity contribution in [2.45, 2.75) is 44.2 Å². The lowest BCUT2D eigenvalue weighted by molar-refractivity contribution is -0.131. The van der Waals surface area contributed by atoms with Crippen LogP contribution in [-0.2, 0) is 16.1 Å². The van der Waals surface area contributed by atoms with Crippen molar-refractivity contribution in [1.82, 2.24) is 15.6 Å². The Kier molecular flexibility index (Phi) is 7.88. The van der Waals surface area contributed by atoms with E-state index < -0.39 is 11.9 Å². The van der Waals surface area contributed by atoms with Crippen LogP contribution < -0.4 is 16.4 Å². The largest absolute Gasteiger partial charge is 0.368 e. The van der Waals surface area contributed by atoms with Gasteiger partial charge in [-0.05, 0) is 47.6 Å². The van der Waals surface area contributed by atoms with Crippen LogP contribution in [0.2, 0.25) is 0 Å². The summed E-state index contributed by atoms with van der Waals surface area (Å²) in [5, 5.41) is 5.81. The van der Waals surface area contributed by atoms with E-state index in [1.165, 1.54) is 0 Å². The third-order valence-corrected chi connectivity index (χ3v) is 6.61. The normalized spacial score (nSPS) is 18.3. The van der Waals surface area contributed by atoms with Gasteiger partial charge in [-0.15, -0.1) is 0 Å². The number of pyridine rings is 1. The number of hydrogen-bond acceptors (Lipinski definition) is 4. The van der Waals surface area contributed by atoms with E-state index in [1.807, 2.05) is 42.5 Å². The molecule has 2 unspecified atom stereocenters. The molecular weight excluding hydrogens is 440 g/mol. The number of amides is 3. The van der Waals surface area contributed by atoms with Crippen molar-refractivity contribution in [3.8, 4) is 0 Å². The maximum Gasteiger partial charge on any atom is 0.251 e. The highest BCUT2D eigenvalue weighted by Gasteiger charge is 2.34. The average molecular weight is 471 g/mol. The Morgan fingerprint density at radius 2 is 1.60 bits per heavy atom. The first-order valence-corrected chi connectivity index (χ1v) is 11.9. The lowest BCUT2D eigenvalue weighted by Gasteiger charge is -2.32. The Labute approximate surface area is 205 Å². The maximum atomic E-state index is 13.3. The van der Waals surface area contributed by atoms with Gasteiger partial charge in [-0.2, -0.15) is 0 Å². The molecule has 35 heavy (non-hydrogen) atoms. The molecule has 1 heterocycles. The number of carbonyl (C=O) groups excluding carboxylic acids is 3. The second-order valence-corrected chi connectivity index (χ2v) is 8.91. The quantitative estimate of drug-likeness (QED) is 0.466. The third kappa shape index (κ3) is 6.12. The number of aromatic nitrogens is 1. The molecule has 1 aromatic heterocycles. The van der Waals surface area contributed by atoms with Crippen LogP contribution in [0.5, 0.6) is 0 Å². The summed E-state index contributed by atoms with van der Waals surface area (Å²) in [6, 6.07) is 19.6. The van der Waals surface area contributed by atoms with Crippen LogP contribution in [0.3, 0.4) is 0 Å². The highest BCUT2D eigenvalue weighted by atomic mass is 16.2. The Bertz CT molecular complexity index is 1150. The van der Waals surface area contributed by atoms with Crippen LogP contribution in [0.15, 0.2) is 79.1 Å². The summed E-state index contributed by atoms with van der Waals surface area (Å²) in [7, 11) is 0. The second kappa shape index (κ2) is 11.4. The Balaban J connectivity index is 1.42. The number of benzene rings is 2. The number of rotatable bonds is 8. The molecule has 0 radical (unpaired) electrons. The molecule has 3 amide bonds. The van der Waals surface area contributed by atoms with Gasteiger partial charge in [-0.1, -0.05) is 67.4 Å². The van der Waals surface area contributed by atoms with Gasteiger partial charge in [0.2, 0.25) is 11.8 Å². The molecule has 7 heteroatoms. The molecular formula is C28H30N4O3.